The van der Waals surface area contributed by atoms with Crippen molar-refractivity contribution in [3.05, 3.63) is 35.9 Å². The summed E-state index contributed by atoms with van der Waals surface area (Å²) >= 11 is 0. The zero-order valence-corrected chi connectivity index (χ0v) is 10.1. The molecule has 1 N–H and O–H groups in total. The number of aryl methyl sites for hydroxylation is 1. The maximum atomic E-state index is 11.2. The molecule has 4 heteroatoms. The largest absolute Gasteiger partial charge is 0.436 e. The molecule has 17 heavy (non-hydrogen) atoms. The van der Waals surface area contributed by atoms with Crippen molar-refractivity contribution in [1.29, 1.82) is 0 Å². The number of amides is 1. The molecule has 1 aromatic carbocycles. The van der Waals surface area contributed by atoms with Gasteiger partial charge in [-0.2, -0.15) is 5.10 Å². The fraction of sp³-hybridized carbons (Fsp3) is 0.385. The molecule has 1 unspecified atom stereocenters. The Hall–Kier alpha value is -1.84. The summed E-state index contributed by atoms with van der Waals surface area (Å²) in [6, 6.07) is 10.1. The average molecular weight is 232 g/mol. The van der Waals surface area contributed by atoms with Crippen LogP contribution in [0.1, 0.15) is 25.8 Å². The summed E-state index contributed by atoms with van der Waals surface area (Å²) in [6.07, 6.45) is 1.11. The Balaban J connectivity index is 2.05. The van der Waals surface area contributed by atoms with Gasteiger partial charge in [0, 0.05) is 0 Å². The quantitative estimate of drug-likeness (QED) is 0.870. The summed E-state index contributed by atoms with van der Waals surface area (Å²) < 4.78 is 5.33. The minimum Gasteiger partial charge on any atom is -0.436 e. The highest BCUT2D eigenvalue weighted by atomic mass is 16.6. The molecule has 1 aliphatic heterocycles. The van der Waals surface area contributed by atoms with Gasteiger partial charge >= 0.3 is 6.09 Å². The van der Waals surface area contributed by atoms with Crippen molar-refractivity contribution in [3.63, 3.8) is 0 Å². The molecule has 1 heterocycles. The normalized spacial score (nSPS) is 23.6. The van der Waals surface area contributed by atoms with Crippen LogP contribution in [0.2, 0.25) is 0 Å². The summed E-state index contributed by atoms with van der Waals surface area (Å²) in [7, 11) is 0. The van der Waals surface area contributed by atoms with E-state index in [2.05, 4.69) is 22.7 Å². The summed E-state index contributed by atoms with van der Waals surface area (Å²) in [4.78, 5) is 11.2. The maximum Gasteiger partial charge on any atom is 0.428 e. The van der Waals surface area contributed by atoms with E-state index in [0.717, 1.165) is 18.6 Å². The molecule has 1 aliphatic rings. The average Bonchev–Trinajstić information content (AvgIpc) is 2.33. The first-order chi connectivity index (χ1) is 8.10. The third-order valence-corrected chi connectivity index (χ3v) is 3.13. The molecule has 0 saturated heterocycles. The van der Waals surface area contributed by atoms with Crippen molar-refractivity contribution in [2.24, 2.45) is 5.10 Å². The number of carbonyl (C=O) groups is 1. The Labute approximate surface area is 101 Å². The second-order valence-corrected chi connectivity index (χ2v) is 4.41. The molecule has 0 bridgehead atoms. The second kappa shape index (κ2) is 4.57. The third-order valence-electron chi connectivity index (χ3n) is 3.13. The van der Waals surface area contributed by atoms with Crippen LogP contribution < -0.4 is 5.43 Å². The molecule has 0 radical (unpaired) electrons. The fourth-order valence-corrected chi connectivity index (χ4v) is 1.81. The lowest BCUT2D eigenvalue weighted by Gasteiger charge is -2.32. The second-order valence-electron chi connectivity index (χ2n) is 4.41. The van der Waals surface area contributed by atoms with Crippen molar-refractivity contribution in [2.75, 3.05) is 0 Å². The van der Waals surface area contributed by atoms with E-state index in [1.807, 2.05) is 32.0 Å². The van der Waals surface area contributed by atoms with E-state index >= 15 is 0 Å². The summed E-state index contributed by atoms with van der Waals surface area (Å²) in [5.74, 6) is 0. The van der Waals surface area contributed by atoms with Gasteiger partial charge < -0.3 is 4.74 Å². The van der Waals surface area contributed by atoms with Gasteiger partial charge in [-0.3, -0.25) is 0 Å². The Bertz CT molecular complexity index is 442. The number of nitrogens with zero attached hydrogens (tertiary/aromatic N) is 1. The minimum absolute atomic E-state index is 0.480. The van der Waals surface area contributed by atoms with Crippen molar-refractivity contribution in [3.8, 4) is 0 Å². The first-order valence-electron chi connectivity index (χ1n) is 5.68. The zero-order chi connectivity index (χ0) is 12.3. The first-order valence-corrected chi connectivity index (χ1v) is 5.68. The predicted octanol–water partition coefficient (Wildman–Crippen LogP) is 2.49. The number of ether oxygens (including phenoxy) is 1. The van der Waals surface area contributed by atoms with Gasteiger partial charge in [-0.15, -0.1) is 0 Å². The van der Waals surface area contributed by atoms with Gasteiger partial charge in [0.15, 0.2) is 5.60 Å². The lowest BCUT2D eigenvalue weighted by molar-refractivity contribution is 0.0588. The van der Waals surface area contributed by atoms with E-state index in [1.165, 1.54) is 5.56 Å². The van der Waals surface area contributed by atoms with Crippen LogP contribution in [0.3, 0.4) is 0 Å². The van der Waals surface area contributed by atoms with E-state index in [9.17, 15) is 4.79 Å². The molecule has 1 amide bonds. The topological polar surface area (TPSA) is 50.7 Å². The third kappa shape index (κ3) is 2.64. The molecule has 1 aromatic rings. The number of hydrazone groups is 1. The van der Waals surface area contributed by atoms with Crippen molar-refractivity contribution < 1.29 is 9.53 Å². The minimum atomic E-state index is -0.599. The van der Waals surface area contributed by atoms with Crippen LogP contribution >= 0.6 is 0 Å². The number of nitrogens with one attached hydrogen (secondary N) is 1. The Kier molecular flexibility index (Phi) is 3.13. The van der Waals surface area contributed by atoms with Crippen LogP contribution in [0.25, 0.3) is 0 Å². The molecule has 90 valence electrons. The lowest BCUT2D eigenvalue weighted by Crippen LogP contribution is -2.46. The van der Waals surface area contributed by atoms with E-state index < -0.39 is 11.7 Å². The van der Waals surface area contributed by atoms with E-state index in [0.29, 0.717) is 0 Å². The molecule has 0 aliphatic carbocycles. The van der Waals surface area contributed by atoms with E-state index in [-0.39, 0.29) is 0 Å². The molecule has 4 nitrogen and oxygen atoms in total. The summed E-state index contributed by atoms with van der Waals surface area (Å²) in [5, 5.41) is 3.97. The molecule has 0 spiro atoms. The number of hydrogen-bond acceptors (Lipinski definition) is 3. The number of rotatable bonds is 3. The Morgan fingerprint density at radius 1 is 1.35 bits per heavy atom. The van der Waals surface area contributed by atoms with E-state index in [1.54, 1.807) is 0 Å². The van der Waals surface area contributed by atoms with Gasteiger partial charge in [-0.1, -0.05) is 30.3 Å². The van der Waals surface area contributed by atoms with Gasteiger partial charge in [0.1, 0.15) is 0 Å². The van der Waals surface area contributed by atoms with E-state index in [4.69, 9.17) is 4.74 Å². The predicted molar refractivity (Wildman–Crippen MR) is 65.9 cm³/mol. The smallest absolute Gasteiger partial charge is 0.428 e. The molecular weight excluding hydrogens is 216 g/mol. The first kappa shape index (κ1) is 11.6. The van der Waals surface area contributed by atoms with Crippen LogP contribution in [0, 0.1) is 0 Å². The Morgan fingerprint density at radius 3 is 2.76 bits per heavy atom. The number of cyclic esters (lactones) is 1. The number of carbonyl (C=O) groups excluding carboxylic acids is 1. The monoisotopic (exact) mass is 232 g/mol. The highest BCUT2D eigenvalue weighted by molar-refractivity contribution is 5.94. The maximum absolute atomic E-state index is 11.2. The van der Waals surface area contributed by atoms with Gasteiger partial charge in [-0.05, 0) is 32.3 Å². The molecular formula is C13H16N2O2. The fourth-order valence-electron chi connectivity index (χ4n) is 1.81. The van der Waals surface area contributed by atoms with Crippen LogP contribution in [0.4, 0.5) is 4.79 Å². The summed E-state index contributed by atoms with van der Waals surface area (Å²) in [5.41, 5.74) is 3.74. The summed E-state index contributed by atoms with van der Waals surface area (Å²) in [6.45, 7) is 3.76. The van der Waals surface area contributed by atoms with Gasteiger partial charge in [0.2, 0.25) is 0 Å². The Morgan fingerprint density at radius 2 is 2.06 bits per heavy atom. The van der Waals surface area contributed by atoms with Crippen LogP contribution in [0.5, 0.6) is 0 Å². The van der Waals surface area contributed by atoms with Crippen molar-refractivity contribution in [1.82, 2.24) is 5.43 Å². The van der Waals surface area contributed by atoms with Gasteiger partial charge in [0.25, 0.3) is 0 Å². The van der Waals surface area contributed by atoms with Crippen molar-refractivity contribution in [2.45, 2.75) is 32.3 Å². The number of benzene rings is 1. The molecule has 0 aromatic heterocycles. The highest BCUT2D eigenvalue weighted by Gasteiger charge is 2.35. The van der Waals surface area contributed by atoms with Crippen LogP contribution in [0.15, 0.2) is 35.4 Å². The van der Waals surface area contributed by atoms with Crippen LogP contribution in [-0.2, 0) is 11.2 Å². The molecule has 0 fully saturated rings. The van der Waals surface area contributed by atoms with Gasteiger partial charge in [0.05, 0.1) is 5.71 Å². The molecule has 0 saturated carbocycles. The highest BCUT2D eigenvalue weighted by Crippen LogP contribution is 2.23. The molecule has 2 rings (SSSR count). The van der Waals surface area contributed by atoms with Crippen LogP contribution in [-0.4, -0.2) is 17.4 Å². The zero-order valence-electron chi connectivity index (χ0n) is 10.1. The molecule has 1 atom stereocenters. The van der Waals surface area contributed by atoms with Gasteiger partial charge in [-0.25, -0.2) is 10.2 Å². The van der Waals surface area contributed by atoms with Crippen molar-refractivity contribution >= 4 is 11.8 Å². The lowest BCUT2D eigenvalue weighted by atomic mass is 9.92. The SMILES string of the molecule is CC1=NNC(=O)OC1(C)CCc1ccccc1. The standard InChI is InChI=1S/C13H16N2O2/c1-10-13(2,17-12(16)15-14-10)9-8-11-6-4-3-5-7-11/h3-7H,8-9H2,1-2H3,(H,15,16). The number of hydrogen-bond donors (Lipinski definition) is 1.